The summed E-state index contributed by atoms with van der Waals surface area (Å²) in [6.07, 6.45) is -10.9. The van der Waals surface area contributed by atoms with Crippen molar-refractivity contribution in [2.45, 2.75) is 55.2 Å². The Bertz CT molecular complexity index is 1130. The molecular weight excluding hydrogens is 532 g/mol. The molecule has 1 aromatic heterocycles. The predicted molar refractivity (Wildman–Crippen MR) is 118 cm³/mol. The molecular formula is C17H29N3O14P2. The van der Waals surface area contributed by atoms with Crippen LogP contribution in [0.3, 0.4) is 0 Å². The third-order valence-electron chi connectivity index (χ3n) is 5.46. The smallest absolute Gasteiger partial charge is 0.337 e. The van der Waals surface area contributed by atoms with Crippen LogP contribution >= 0.6 is 15.2 Å². The highest BCUT2D eigenvalue weighted by Gasteiger charge is 2.47. The molecule has 0 bridgehead atoms. The van der Waals surface area contributed by atoms with Gasteiger partial charge in [-0.15, -0.1) is 0 Å². The van der Waals surface area contributed by atoms with Crippen molar-refractivity contribution in [3.8, 4) is 0 Å². The number of hydrogen-bond acceptors (Lipinski definition) is 15. The van der Waals surface area contributed by atoms with E-state index in [0.29, 0.717) is 0 Å². The van der Waals surface area contributed by atoms with E-state index in [0.717, 1.165) is 30.2 Å². The quantitative estimate of drug-likeness (QED) is 0.145. The minimum atomic E-state index is -4.26. The highest BCUT2D eigenvalue weighted by Crippen LogP contribution is 2.62. The lowest BCUT2D eigenvalue weighted by Gasteiger charge is -2.40. The summed E-state index contributed by atoms with van der Waals surface area (Å²) in [5.74, 6) is 0. The highest BCUT2D eigenvalue weighted by molar-refractivity contribution is 7.66. The second-order valence-electron chi connectivity index (χ2n) is 8.37. The van der Waals surface area contributed by atoms with E-state index in [1.165, 1.54) is 0 Å². The Hall–Kier alpha value is -1.30. The van der Waals surface area contributed by atoms with E-state index in [1.807, 2.05) is 4.98 Å². The fraction of sp³-hybridized carbons (Fsp3) is 0.765. The summed E-state index contributed by atoms with van der Waals surface area (Å²) < 4.78 is 52.4. The zero-order chi connectivity index (χ0) is 27.0. The van der Waals surface area contributed by atoms with Crippen LogP contribution in [-0.4, -0.2) is 111 Å². The van der Waals surface area contributed by atoms with Gasteiger partial charge in [-0.1, -0.05) is 0 Å². The summed E-state index contributed by atoms with van der Waals surface area (Å²) in [5.41, 5.74) is 4.13. The van der Waals surface area contributed by atoms with Crippen molar-refractivity contribution in [3.05, 3.63) is 33.1 Å². The number of rotatable bonds is 9. The van der Waals surface area contributed by atoms with E-state index in [2.05, 4.69) is 0 Å². The fourth-order valence-corrected chi connectivity index (χ4v) is 7.12. The maximum absolute atomic E-state index is 12.8. The first-order valence-electron chi connectivity index (χ1n) is 10.6. The Kier molecular flexibility index (Phi) is 9.11. The molecule has 0 radical (unpaired) electrons. The van der Waals surface area contributed by atoms with E-state index in [9.17, 15) is 44.3 Å². The van der Waals surface area contributed by atoms with Gasteiger partial charge in [0.15, 0.2) is 12.5 Å². The van der Waals surface area contributed by atoms with Gasteiger partial charge in [0.2, 0.25) is 0 Å². The van der Waals surface area contributed by atoms with Gasteiger partial charge in [0.25, 0.3) is 5.56 Å². The molecule has 3 rings (SSSR count). The summed E-state index contributed by atoms with van der Waals surface area (Å²) in [6.45, 7) is 0.497. The number of nitrogens with two attached hydrogens (primary N) is 1. The van der Waals surface area contributed by atoms with Crippen LogP contribution < -0.4 is 17.0 Å². The van der Waals surface area contributed by atoms with E-state index < -0.39 is 94.8 Å². The third-order valence-corrected chi connectivity index (χ3v) is 9.04. The number of nitrogens with one attached hydrogen (secondary N) is 1. The standard InChI is InChI=1S/C17H29N3O14P2/c1-35(28,34-36(2,29)33-16-10(18)13(25)11(23)7(5-21)32-16)30-6-8-12(24)14(26)15(31-8)20-4-3-9(22)19-17(20)27/h3-4,7-8,10-16,21,23-26H,5-6,18H2,1-2H3,(H,19,22,27)/t7?,8?,10?,11-,12+,13+,14+,15?,16-,35?,36?/m0/s1. The summed E-state index contributed by atoms with van der Waals surface area (Å²) in [7, 11) is -8.45. The normalized spacial score (nSPS) is 38.4. The van der Waals surface area contributed by atoms with Crippen LogP contribution in [0.4, 0.5) is 0 Å². The topological polar surface area (TPSA) is 262 Å². The Morgan fingerprint density at radius 1 is 1.03 bits per heavy atom. The Morgan fingerprint density at radius 2 is 1.67 bits per heavy atom. The maximum atomic E-state index is 12.8. The molecule has 19 heteroatoms. The molecule has 8 N–H and O–H groups in total. The molecule has 0 amide bonds. The fourth-order valence-electron chi connectivity index (χ4n) is 3.63. The van der Waals surface area contributed by atoms with Crippen LogP contribution in [0.2, 0.25) is 0 Å². The van der Waals surface area contributed by atoms with Crippen molar-refractivity contribution >= 4 is 15.2 Å². The maximum Gasteiger partial charge on any atom is 0.337 e. The number of aromatic nitrogens is 2. The zero-order valence-corrected chi connectivity index (χ0v) is 20.9. The number of aliphatic hydroxyl groups is 5. The zero-order valence-electron chi connectivity index (χ0n) is 19.1. The van der Waals surface area contributed by atoms with Gasteiger partial charge in [0.05, 0.1) is 19.3 Å². The predicted octanol–water partition coefficient (Wildman–Crippen LogP) is -3.38. The molecule has 36 heavy (non-hydrogen) atoms. The lowest BCUT2D eigenvalue weighted by molar-refractivity contribution is -0.240. The number of hydrogen-bond donors (Lipinski definition) is 7. The van der Waals surface area contributed by atoms with Crippen molar-refractivity contribution in [1.82, 2.24) is 9.55 Å². The second kappa shape index (κ2) is 11.2. The van der Waals surface area contributed by atoms with E-state index in [4.69, 9.17) is 28.6 Å². The number of H-pyrrole nitrogens is 1. The van der Waals surface area contributed by atoms with E-state index >= 15 is 0 Å². The molecule has 2 saturated heterocycles. The highest BCUT2D eigenvalue weighted by atomic mass is 31.3. The number of nitrogens with zero attached hydrogens (tertiary/aromatic N) is 1. The van der Waals surface area contributed by atoms with Gasteiger partial charge in [0.1, 0.15) is 36.6 Å². The molecule has 0 saturated carbocycles. The Balaban J connectivity index is 1.61. The Labute approximate surface area is 203 Å². The van der Waals surface area contributed by atoms with Crippen molar-refractivity contribution in [2.24, 2.45) is 5.73 Å². The molecule has 17 nitrogen and oxygen atoms in total. The lowest BCUT2D eigenvalue weighted by Crippen LogP contribution is -2.62. The number of aromatic amines is 1. The second-order valence-corrected chi connectivity index (χ2v) is 12.6. The molecule has 6 unspecified atom stereocenters. The van der Waals surface area contributed by atoms with Gasteiger partial charge < -0.3 is 45.3 Å². The average Bonchev–Trinajstić information content (AvgIpc) is 3.06. The van der Waals surface area contributed by atoms with Gasteiger partial charge >= 0.3 is 20.9 Å². The summed E-state index contributed by atoms with van der Waals surface area (Å²) in [6, 6.07) is -0.390. The van der Waals surface area contributed by atoms with Gasteiger partial charge in [-0.2, -0.15) is 0 Å². The molecule has 11 atom stereocenters. The van der Waals surface area contributed by atoms with Crippen molar-refractivity contribution in [2.75, 3.05) is 26.5 Å². The van der Waals surface area contributed by atoms with Crippen molar-refractivity contribution < 1.29 is 57.5 Å². The Morgan fingerprint density at radius 3 is 2.28 bits per heavy atom. The van der Waals surface area contributed by atoms with Crippen LogP contribution in [0, 0.1) is 0 Å². The molecule has 2 aliphatic rings. The first-order chi connectivity index (χ1) is 16.7. The molecule has 0 aliphatic carbocycles. The van der Waals surface area contributed by atoms with Crippen LogP contribution in [0.15, 0.2) is 21.9 Å². The average molecular weight is 561 g/mol. The van der Waals surface area contributed by atoms with Gasteiger partial charge in [-0.3, -0.25) is 28.0 Å². The minimum absolute atomic E-state index is 0.641. The van der Waals surface area contributed by atoms with E-state index in [1.54, 1.807) is 0 Å². The summed E-state index contributed by atoms with van der Waals surface area (Å²) >= 11 is 0. The molecule has 3 heterocycles. The lowest BCUT2D eigenvalue weighted by atomic mass is 9.98. The molecule has 2 fully saturated rings. The van der Waals surface area contributed by atoms with Crippen LogP contribution in [0.25, 0.3) is 0 Å². The van der Waals surface area contributed by atoms with Crippen LogP contribution in [0.1, 0.15) is 6.23 Å². The summed E-state index contributed by atoms with van der Waals surface area (Å²) in [4.78, 5) is 25.2. The van der Waals surface area contributed by atoms with Crippen molar-refractivity contribution in [3.63, 3.8) is 0 Å². The number of aliphatic hydroxyl groups excluding tert-OH is 5. The first-order valence-corrected chi connectivity index (χ1v) is 14.5. The first kappa shape index (κ1) is 29.3. The van der Waals surface area contributed by atoms with Gasteiger partial charge in [0, 0.05) is 25.6 Å². The van der Waals surface area contributed by atoms with E-state index in [-0.39, 0.29) is 0 Å². The number of ether oxygens (including phenoxy) is 2. The molecule has 2 aliphatic heterocycles. The van der Waals surface area contributed by atoms with Crippen LogP contribution in [-0.2, 0) is 32.0 Å². The SMILES string of the molecule is CP(=O)(OCC1OC(n2ccc(=O)[nH]c2=O)[C@H](O)[C@@H]1O)OP(C)(=O)O[C@@H]1OC(CO)[C@H](O)[C@H](O)C1N. The molecule has 1 aromatic rings. The molecule has 0 spiro atoms. The van der Waals surface area contributed by atoms with Crippen molar-refractivity contribution in [1.29, 1.82) is 0 Å². The monoisotopic (exact) mass is 561 g/mol. The van der Waals surface area contributed by atoms with Crippen LogP contribution in [0.5, 0.6) is 0 Å². The largest absolute Gasteiger partial charge is 0.394 e. The molecule has 0 aromatic carbocycles. The summed E-state index contributed by atoms with van der Waals surface area (Å²) in [5, 5.41) is 49.6. The van der Waals surface area contributed by atoms with Gasteiger partial charge in [-0.05, 0) is 0 Å². The molecule has 206 valence electrons. The third kappa shape index (κ3) is 6.57. The van der Waals surface area contributed by atoms with Gasteiger partial charge in [-0.25, -0.2) is 9.11 Å². The minimum Gasteiger partial charge on any atom is -0.394 e.